The topological polar surface area (TPSA) is 43.4 Å². The van der Waals surface area contributed by atoms with Gasteiger partial charge in [0.2, 0.25) is 0 Å². The van der Waals surface area contributed by atoms with Crippen LogP contribution in [0.3, 0.4) is 0 Å². The molecule has 0 saturated heterocycles. The summed E-state index contributed by atoms with van der Waals surface area (Å²) < 4.78 is 77.4. The summed E-state index contributed by atoms with van der Waals surface area (Å²) >= 11 is 0. The summed E-state index contributed by atoms with van der Waals surface area (Å²) in [6, 6.07) is 2.15. The Morgan fingerprint density at radius 1 is 1.25 bits per heavy atom. The molecule has 1 rings (SSSR count). The molecular formula is C10H12BF4KO3S. The van der Waals surface area contributed by atoms with E-state index in [1.54, 1.807) is 0 Å². The van der Waals surface area contributed by atoms with E-state index in [1.165, 1.54) is 6.92 Å². The van der Waals surface area contributed by atoms with E-state index in [0.29, 0.717) is 12.1 Å². The van der Waals surface area contributed by atoms with Crippen LogP contribution in [0.4, 0.5) is 17.3 Å². The van der Waals surface area contributed by atoms with E-state index in [2.05, 4.69) is 0 Å². The van der Waals surface area contributed by atoms with Crippen molar-refractivity contribution in [2.45, 2.75) is 6.92 Å². The SMILES string of the molecule is CCS(=O)(=O)CCOc1ccc([B-](F)(F)F)c(F)c1.[K+]. The molecule has 0 aliphatic heterocycles. The summed E-state index contributed by atoms with van der Waals surface area (Å²) in [5.41, 5.74) is -1.33. The van der Waals surface area contributed by atoms with Gasteiger partial charge in [-0.25, -0.2) is 12.8 Å². The molecule has 0 heterocycles. The Hall–Kier alpha value is 0.391. The van der Waals surface area contributed by atoms with Gasteiger partial charge in [0.05, 0.1) is 11.6 Å². The standard InChI is InChI=1S/C10H12BF4O3S.K/c1-2-19(16,17)6-5-18-8-3-4-9(10(12)7-8)11(13,14)15;/h3-4,7H,2,5-6H2,1H3;/q-1;+1. The second-order valence-electron chi connectivity index (χ2n) is 3.84. The average molecular weight is 338 g/mol. The number of hydrogen-bond donors (Lipinski definition) is 0. The van der Waals surface area contributed by atoms with Crippen LogP contribution >= 0.6 is 0 Å². The van der Waals surface area contributed by atoms with E-state index in [9.17, 15) is 25.8 Å². The first-order chi connectivity index (χ1) is 8.65. The number of benzene rings is 1. The summed E-state index contributed by atoms with van der Waals surface area (Å²) in [5, 5.41) is 0. The normalized spacial score (nSPS) is 11.8. The maximum absolute atomic E-state index is 13.2. The second kappa shape index (κ2) is 8.14. The van der Waals surface area contributed by atoms with E-state index >= 15 is 0 Å². The molecule has 3 nitrogen and oxygen atoms in total. The first-order valence-corrected chi connectivity index (χ1v) is 7.30. The molecule has 10 heteroatoms. The minimum atomic E-state index is -5.41. The number of rotatable bonds is 6. The van der Waals surface area contributed by atoms with Crippen molar-refractivity contribution in [2.75, 3.05) is 18.1 Å². The van der Waals surface area contributed by atoms with E-state index in [4.69, 9.17) is 4.74 Å². The van der Waals surface area contributed by atoms with Crippen molar-refractivity contribution in [3.8, 4) is 5.75 Å². The smallest absolute Gasteiger partial charge is 0.492 e. The first kappa shape index (κ1) is 20.4. The van der Waals surface area contributed by atoms with E-state index in [1.807, 2.05) is 0 Å². The molecule has 0 saturated carbocycles. The van der Waals surface area contributed by atoms with Crippen LogP contribution in [0.25, 0.3) is 0 Å². The van der Waals surface area contributed by atoms with Crippen molar-refractivity contribution in [1.29, 1.82) is 0 Å². The fraction of sp³-hybridized carbons (Fsp3) is 0.400. The Morgan fingerprint density at radius 3 is 2.30 bits per heavy atom. The molecule has 0 aliphatic rings. The van der Waals surface area contributed by atoms with Crippen LogP contribution in [0.2, 0.25) is 0 Å². The van der Waals surface area contributed by atoms with E-state index in [0.717, 1.165) is 6.07 Å². The zero-order chi connectivity index (χ0) is 14.7. The number of hydrogen-bond acceptors (Lipinski definition) is 3. The third-order valence-electron chi connectivity index (χ3n) is 2.43. The Labute approximate surface area is 157 Å². The molecule has 0 N–H and O–H groups in total. The predicted octanol–water partition coefficient (Wildman–Crippen LogP) is -1.30. The maximum Gasteiger partial charge on any atom is 1.00 e. The molecule has 0 fully saturated rings. The van der Waals surface area contributed by atoms with Gasteiger partial charge in [-0.3, -0.25) is 0 Å². The van der Waals surface area contributed by atoms with Crippen LogP contribution in [-0.2, 0) is 9.84 Å². The van der Waals surface area contributed by atoms with Crippen molar-refractivity contribution in [3.05, 3.63) is 24.0 Å². The monoisotopic (exact) mass is 338 g/mol. The third kappa shape index (κ3) is 6.44. The summed E-state index contributed by atoms with van der Waals surface area (Å²) in [5.74, 6) is -1.88. The summed E-state index contributed by atoms with van der Waals surface area (Å²) in [6.45, 7) is -4.17. The van der Waals surface area contributed by atoms with Gasteiger partial charge in [0.25, 0.3) is 0 Å². The van der Waals surface area contributed by atoms with Gasteiger partial charge >= 0.3 is 58.4 Å². The maximum atomic E-state index is 13.2. The predicted molar refractivity (Wildman–Crippen MR) is 64.9 cm³/mol. The quantitative estimate of drug-likeness (QED) is 0.478. The van der Waals surface area contributed by atoms with Gasteiger partial charge < -0.3 is 17.7 Å². The van der Waals surface area contributed by atoms with Gasteiger partial charge in [-0.1, -0.05) is 18.5 Å². The first-order valence-electron chi connectivity index (χ1n) is 5.48. The van der Waals surface area contributed by atoms with Crippen LogP contribution in [0, 0.1) is 5.82 Å². The molecule has 0 unspecified atom stereocenters. The zero-order valence-corrected chi connectivity index (χ0v) is 15.0. The molecule has 0 amide bonds. The summed E-state index contributed by atoms with van der Waals surface area (Å²) in [6.07, 6.45) is 0. The molecule has 1 aromatic rings. The van der Waals surface area contributed by atoms with E-state index in [-0.39, 0.29) is 75.2 Å². The Kier molecular flexibility index (Phi) is 8.30. The Morgan fingerprint density at radius 2 is 1.85 bits per heavy atom. The molecule has 0 aromatic heterocycles. The van der Waals surface area contributed by atoms with Crippen molar-refractivity contribution < 1.29 is 81.9 Å². The molecule has 108 valence electrons. The van der Waals surface area contributed by atoms with Crippen molar-refractivity contribution in [3.63, 3.8) is 0 Å². The number of ether oxygens (including phenoxy) is 1. The third-order valence-corrected chi connectivity index (χ3v) is 4.10. The molecule has 1 aromatic carbocycles. The fourth-order valence-corrected chi connectivity index (χ4v) is 1.92. The van der Waals surface area contributed by atoms with Crippen molar-refractivity contribution >= 4 is 22.3 Å². The number of halogens is 4. The molecule has 0 radical (unpaired) electrons. The fourth-order valence-electron chi connectivity index (χ4n) is 1.29. The minimum Gasteiger partial charge on any atom is -0.492 e. The number of sulfone groups is 1. The molecule has 0 spiro atoms. The molecule has 0 bridgehead atoms. The zero-order valence-electron chi connectivity index (χ0n) is 11.1. The van der Waals surface area contributed by atoms with Crippen LogP contribution in [0.15, 0.2) is 18.2 Å². The van der Waals surface area contributed by atoms with Crippen LogP contribution in [-0.4, -0.2) is 33.5 Å². The largest absolute Gasteiger partial charge is 1.00 e. The van der Waals surface area contributed by atoms with Gasteiger partial charge in [0.1, 0.15) is 12.4 Å². The molecule has 20 heavy (non-hydrogen) atoms. The molecule has 0 atom stereocenters. The second-order valence-corrected chi connectivity index (χ2v) is 6.32. The Bertz CT molecular complexity index is 548. The summed E-state index contributed by atoms with van der Waals surface area (Å²) in [7, 11) is -3.23. The van der Waals surface area contributed by atoms with Gasteiger partial charge in [0.15, 0.2) is 9.84 Å². The average Bonchev–Trinajstić information content (AvgIpc) is 2.27. The van der Waals surface area contributed by atoms with Gasteiger partial charge in [-0.05, 0) is 6.07 Å². The van der Waals surface area contributed by atoms with Gasteiger partial charge in [0, 0.05) is 11.8 Å². The van der Waals surface area contributed by atoms with Gasteiger partial charge in [-0.2, -0.15) is 0 Å². The minimum absolute atomic E-state index is 0. The molecular weight excluding hydrogens is 326 g/mol. The van der Waals surface area contributed by atoms with Crippen molar-refractivity contribution in [1.82, 2.24) is 0 Å². The summed E-state index contributed by atoms with van der Waals surface area (Å²) in [4.78, 5) is 0. The van der Waals surface area contributed by atoms with Crippen LogP contribution < -0.4 is 61.6 Å². The van der Waals surface area contributed by atoms with Crippen molar-refractivity contribution in [2.24, 2.45) is 0 Å². The van der Waals surface area contributed by atoms with E-state index < -0.39 is 28.1 Å². The van der Waals surface area contributed by atoms with Crippen LogP contribution in [0.5, 0.6) is 5.75 Å². The van der Waals surface area contributed by atoms with Gasteiger partial charge in [-0.15, -0.1) is 0 Å². The Balaban J connectivity index is 0.00000361. The van der Waals surface area contributed by atoms with Crippen LogP contribution in [0.1, 0.15) is 6.92 Å². The molecule has 0 aliphatic carbocycles.